The maximum absolute atomic E-state index is 13.2. The lowest BCUT2D eigenvalue weighted by atomic mass is 9.90. The van der Waals surface area contributed by atoms with Crippen molar-refractivity contribution in [3.63, 3.8) is 0 Å². The molecule has 2 aromatic heterocycles. The van der Waals surface area contributed by atoms with Crippen LogP contribution in [0.3, 0.4) is 0 Å². The fourth-order valence-corrected chi connectivity index (χ4v) is 4.53. The van der Waals surface area contributed by atoms with Gasteiger partial charge in [-0.25, -0.2) is 9.78 Å². The SMILES string of the molecule is Cc1ncsc1COc1ccc2oc(C)c(C(=O)NC3(CO)CN(C(=O)OC(C)(C)C)C3)c2c1. The number of hydrogen-bond acceptors (Lipinski definition) is 8. The fourth-order valence-electron chi connectivity index (χ4n) is 3.85. The maximum atomic E-state index is 13.2. The number of furan rings is 1. The van der Waals surface area contributed by atoms with E-state index in [1.165, 1.54) is 16.2 Å². The van der Waals surface area contributed by atoms with Crippen molar-refractivity contribution in [2.75, 3.05) is 19.7 Å². The third kappa shape index (κ3) is 4.88. The van der Waals surface area contributed by atoms with E-state index in [9.17, 15) is 14.7 Å². The average molecular weight is 488 g/mol. The number of ether oxygens (including phenoxy) is 2. The van der Waals surface area contributed by atoms with Gasteiger partial charge in [0, 0.05) is 5.39 Å². The van der Waals surface area contributed by atoms with Crippen molar-refractivity contribution >= 4 is 34.3 Å². The molecule has 0 saturated carbocycles. The first-order valence-corrected chi connectivity index (χ1v) is 11.8. The molecule has 0 bridgehead atoms. The quantitative estimate of drug-likeness (QED) is 0.544. The minimum atomic E-state index is -0.943. The molecule has 1 saturated heterocycles. The number of aromatic nitrogens is 1. The molecular formula is C24H29N3O6S. The van der Waals surface area contributed by atoms with Gasteiger partial charge in [-0.1, -0.05) is 0 Å². The number of aliphatic hydroxyl groups excluding tert-OH is 1. The summed E-state index contributed by atoms with van der Waals surface area (Å²) in [6.07, 6.45) is -0.478. The molecule has 4 rings (SSSR count). The smallest absolute Gasteiger partial charge is 0.410 e. The zero-order valence-electron chi connectivity index (χ0n) is 19.9. The van der Waals surface area contributed by atoms with Gasteiger partial charge < -0.3 is 29.2 Å². The van der Waals surface area contributed by atoms with Gasteiger partial charge in [-0.15, -0.1) is 11.3 Å². The van der Waals surface area contributed by atoms with Crippen LogP contribution in [-0.4, -0.2) is 57.8 Å². The van der Waals surface area contributed by atoms with Gasteiger partial charge in [0.2, 0.25) is 0 Å². The van der Waals surface area contributed by atoms with Crippen LogP contribution >= 0.6 is 11.3 Å². The van der Waals surface area contributed by atoms with Crippen LogP contribution in [0, 0.1) is 13.8 Å². The monoisotopic (exact) mass is 487 g/mol. The summed E-state index contributed by atoms with van der Waals surface area (Å²) in [5.41, 5.74) is 2.08. The highest BCUT2D eigenvalue weighted by molar-refractivity contribution is 7.09. The number of rotatable bonds is 6. The standard InChI is InChI=1S/C24H29N3O6S/c1-14-19(34-13-25-14)9-31-16-6-7-18-17(8-16)20(15(2)32-18)21(29)26-24(12-28)10-27(11-24)22(30)33-23(3,4)5/h6-8,13,28H,9-12H2,1-5H3,(H,26,29). The van der Waals surface area contributed by atoms with Crippen LogP contribution in [0.2, 0.25) is 0 Å². The Bertz CT molecular complexity index is 1220. The molecule has 2 amide bonds. The number of fused-ring (bicyclic) bond motifs is 1. The minimum Gasteiger partial charge on any atom is -0.488 e. The lowest BCUT2D eigenvalue weighted by Crippen LogP contribution is -2.73. The summed E-state index contributed by atoms with van der Waals surface area (Å²) in [6, 6.07) is 5.34. The van der Waals surface area contributed by atoms with Gasteiger partial charge in [0.25, 0.3) is 5.91 Å². The van der Waals surface area contributed by atoms with Crippen LogP contribution in [0.4, 0.5) is 4.79 Å². The summed E-state index contributed by atoms with van der Waals surface area (Å²) in [7, 11) is 0. The molecule has 3 heterocycles. The summed E-state index contributed by atoms with van der Waals surface area (Å²) < 4.78 is 17.1. The van der Waals surface area contributed by atoms with E-state index in [1.807, 2.05) is 6.92 Å². The highest BCUT2D eigenvalue weighted by Gasteiger charge is 2.47. The van der Waals surface area contributed by atoms with Crippen LogP contribution in [0.25, 0.3) is 11.0 Å². The first-order chi connectivity index (χ1) is 16.0. The van der Waals surface area contributed by atoms with Gasteiger partial charge in [0.05, 0.1) is 46.9 Å². The molecule has 2 N–H and O–H groups in total. The number of likely N-dealkylation sites (tertiary alicyclic amines) is 1. The Morgan fingerprint density at radius 3 is 2.65 bits per heavy atom. The van der Waals surface area contributed by atoms with E-state index in [0.29, 0.717) is 34.6 Å². The molecule has 182 valence electrons. The Balaban J connectivity index is 1.49. The van der Waals surface area contributed by atoms with Gasteiger partial charge >= 0.3 is 6.09 Å². The summed E-state index contributed by atoms with van der Waals surface area (Å²) >= 11 is 1.53. The van der Waals surface area contributed by atoms with Gasteiger partial charge in [-0.05, 0) is 52.8 Å². The molecule has 9 nitrogen and oxygen atoms in total. The van der Waals surface area contributed by atoms with Gasteiger partial charge in [-0.2, -0.15) is 0 Å². The van der Waals surface area contributed by atoms with Crippen molar-refractivity contribution in [2.24, 2.45) is 0 Å². The van der Waals surface area contributed by atoms with Crippen molar-refractivity contribution in [1.29, 1.82) is 0 Å². The molecule has 0 atom stereocenters. The summed E-state index contributed by atoms with van der Waals surface area (Å²) in [6.45, 7) is 9.39. The molecular weight excluding hydrogens is 458 g/mol. The van der Waals surface area contributed by atoms with Crippen LogP contribution < -0.4 is 10.1 Å². The number of nitrogens with zero attached hydrogens (tertiary/aromatic N) is 2. The number of thiazole rings is 1. The van der Waals surface area contributed by atoms with Crippen molar-refractivity contribution in [3.05, 3.63) is 45.6 Å². The van der Waals surface area contributed by atoms with Crippen molar-refractivity contribution in [1.82, 2.24) is 15.2 Å². The third-order valence-corrected chi connectivity index (χ3v) is 6.51. The number of amides is 2. The van der Waals surface area contributed by atoms with Crippen LogP contribution in [0.15, 0.2) is 28.1 Å². The van der Waals surface area contributed by atoms with Crippen molar-refractivity contribution in [3.8, 4) is 5.75 Å². The van der Waals surface area contributed by atoms with Gasteiger partial charge in [0.15, 0.2) is 0 Å². The average Bonchev–Trinajstić information content (AvgIpc) is 3.28. The molecule has 1 aliphatic heterocycles. The molecule has 0 radical (unpaired) electrons. The largest absolute Gasteiger partial charge is 0.488 e. The molecule has 3 aromatic rings. The Morgan fingerprint density at radius 2 is 2.03 bits per heavy atom. The second kappa shape index (κ2) is 8.92. The van der Waals surface area contributed by atoms with Crippen molar-refractivity contribution < 1.29 is 28.6 Å². The zero-order chi connectivity index (χ0) is 24.7. The second-order valence-electron chi connectivity index (χ2n) is 9.57. The highest BCUT2D eigenvalue weighted by Crippen LogP contribution is 2.31. The van der Waals surface area contributed by atoms with E-state index in [2.05, 4.69) is 10.3 Å². The van der Waals surface area contributed by atoms with E-state index in [4.69, 9.17) is 13.9 Å². The number of hydrogen-bond donors (Lipinski definition) is 2. The van der Waals surface area contributed by atoms with Crippen molar-refractivity contribution in [2.45, 2.75) is 52.4 Å². The van der Waals surface area contributed by atoms with E-state index in [0.717, 1.165) is 10.6 Å². The first kappa shape index (κ1) is 24.0. The molecule has 34 heavy (non-hydrogen) atoms. The molecule has 0 unspecified atom stereocenters. The summed E-state index contributed by atoms with van der Waals surface area (Å²) in [4.78, 5) is 32.2. The maximum Gasteiger partial charge on any atom is 0.410 e. The fraction of sp³-hybridized carbons (Fsp3) is 0.458. The second-order valence-corrected chi connectivity index (χ2v) is 10.5. The predicted octanol–water partition coefficient (Wildman–Crippen LogP) is 3.80. The van der Waals surface area contributed by atoms with E-state index < -0.39 is 17.2 Å². The molecule has 1 aromatic carbocycles. The van der Waals surface area contributed by atoms with Crippen LogP contribution in [0.5, 0.6) is 5.75 Å². The van der Waals surface area contributed by atoms with E-state index >= 15 is 0 Å². The van der Waals surface area contributed by atoms with Crippen LogP contribution in [0.1, 0.15) is 47.5 Å². The van der Waals surface area contributed by atoms with Gasteiger partial charge in [0.1, 0.15) is 29.3 Å². The Hall–Kier alpha value is -3.11. The lowest BCUT2D eigenvalue weighted by Gasteiger charge is -2.49. The number of carbonyl (C=O) groups is 2. The molecule has 1 aliphatic rings. The molecule has 1 fully saturated rings. The number of nitrogens with one attached hydrogen (secondary N) is 1. The number of benzene rings is 1. The third-order valence-electron chi connectivity index (χ3n) is 5.60. The molecule has 0 spiro atoms. The number of carbonyl (C=O) groups excluding carboxylic acids is 2. The predicted molar refractivity (Wildman–Crippen MR) is 127 cm³/mol. The van der Waals surface area contributed by atoms with Gasteiger partial charge in [-0.3, -0.25) is 4.79 Å². The molecule has 0 aliphatic carbocycles. The first-order valence-electron chi connectivity index (χ1n) is 11.0. The number of aryl methyl sites for hydroxylation is 2. The Kier molecular flexibility index (Phi) is 6.30. The molecule has 10 heteroatoms. The zero-order valence-corrected chi connectivity index (χ0v) is 20.7. The van der Waals surface area contributed by atoms with Crippen LogP contribution in [-0.2, 0) is 11.3 Å². The topological polar surface area (TPSA) is 114 Å². The van der Waals surface area contributed by atoms with E-state index in [1.54, 1.807) is 51.4 Å². The van der Waals surface area contributed by atoms with E-state index in [-0.39, 0.29) is 25.6 Å². The summed E-state index contributed by atoms with van der Waals surface area (Å²) in [5, 5.41) is 13.5. The lowest BCUT2D eigenvalue weighted by molar-refractivity contribution is -0.0295. The highest BCUT2D eigenvalue weighted by atomic mass is 32.1. The minimum absolute atomic E-state index is 0.154. The Morgan fingerprint density at radius 1 is 1.29 bits per heavy atom. The Labute approximate surface area is 201 Å². The summed E-state index contributed by atoms with van der Waals surface area (Å²) in [5.74, 6) is 0.677. The number of aliphatic hydroxyl groups is 1. The normalized spacial score (nSPS) is 15.2.